The molecule has 11 nitrogen and oxygen atoms in total. The molecule has 15 rings (SSSR count). The van der Waals surface area contributed by atoms with Crippen molar-refractivity contribution in [3.8, 4) is 40.2 Å². The van der Waals surface area contributed by atoms with Crippen LogP contribution in [0.15, 0.2) is 167 Å². The average Bonchev–Trinajstić information content (AvgIpc) is 4.23. The Hall–Kier alpha value is -9.09. The van der Waals surface area contributed by atoms with Crippen molar-refractivity contribution in [1.29, 1.82) is 0 Å². The highest BCUT2D eigenvalue weighted by Gasteiger charge is 2.37. The summed E-state index contributed by atoms with van der Waals surface area (Å²) in [7, 11) is 0. The number of hydrogen-bond donors (Lipinski definition) is 6. The zero-order valence-corrected chi connectivity index (χ0v) is 39.1. The maximum absolute atomic E-state index is 11.1. The van der Waals surface area contributed by atoms with Gasteiger partial charge in [-0.15, -0.1) is 0 Å². The van der Waals surface area contributed by atoms with Crippen molar-refractivity contribution in [3.63, 3.8) is 0 Å². The first-order valence-electron chi connectivity index (χ1n) is 24.1. The van der Waals surface area contributed by atoms with E-state index in [2.05, 4.69) is 130 Å². The minimum absolute atomic E-state index is 0.0661. The number of aromatic nitrogens is 2. The van der Waals surface area contributed by atoms with Crippen LogP contribution < -0.4 is 20.8 Å². The quantitative estimate of drug-likeness (QED) is 0.0755. The third-order valence-corrected chi connectivity index (χ3v) is 14.3. The molecular formula is C60H46N4O7. The SMILES string of the molecule is CC.CC.Oc1c(O)c(O)c(C2=c3oc4ccccc4c3=NC(C3=CC4c5cc(-n6c7ccccc7c7ccc8cc9c(cc8c76)c6cccc7c8ccccc8n9c76)ccc5OC4C=C3)N2)c(O)c1O. The Balaban J connectivity index is 0.00000120. The van der Waals surface area contributed by atoms with Gasteiger partial charge in [0.2, 0.25) is 17.2 Å². The molecule has 11 heteroatoms. The van der Waals surface area contributed by atoms with Crippen molar-refractivity contribution in [2.75, 3.05) is 0 Å². The highest BCUT2D eigenvalue weighted by molar-refractivity contribution is 6.27. The van der Waals surface area contributed by atoms with Crippen molar-refractivity contribution in [2.24, 2.45) is 4.99 Å². The summed E-state index contributed by atoms with van der Waals surface area (Å²) >= 11 is 0. The summed E-state index contributed by atoms with van der Waals surface area (Å²) in [5, 5.41) is 67.7. The molecule has 1 aliphatic carbocycles. The Kier molecular flexibility index (Phi) is 9.16. The largest absolute Gasteiger partial charge is 0.504 e. The van der Waals surface area contributed by atoms with Crippen molar-refractivity contribution < 1.29 is 34.7 Å². The predicted molar refractivity (Wildman–Crippen MR) is 281 cm³/mol. The number of furan rings is 1. The van der Waals surface area contributed by atoms with Gasteiger partial charge in [0.1, 0.15) is 29.0 Å². The molecule has 3 atom stereocenters. The van der Waals surface area contributed by atoms with E-state index >= 15 is 0 Å². The fourth-order valence-electron chi connectivity index (χ4n) is 11.4. The molecule has 0 bridgehead atoms. The van der Waals surface area contributed by atoms with Gasteiger partial charge >= 0.3 is 0 Å². The second kappa shape index (κ2) is 15.5. The van der Waals surface area contributed by atoms with Crippen molar-refractivity contribution in [2.45, 2.75) is 45.9 Å². The van der Waals surface area contributed by atoms with Crippen LogP contribution in [0.2, 0.25) is 0 Å². The van der Waals surface area contributed by atoms with Gasteiger partial charge in [0.15, 0.2) is 16.9 Å². The number of hydrogen-bond acceptors (Lipinski definition) is 9. The van der Waals surface area contributed by atoms with E-state index in [9.17, 15) is 25.5 Å². The highest BCUT2D eigenvalue weighted by atomic mass is 16.5. The number of nitrogens with one attached hydrogen (secondary N) is 1. The van der Waals surface area contributed by atoms with E-state index in [0.717, 1.165) is 55.2 Å². The molecule has 0 spiro atoms. The molecule has 0 saturated carbocycles. The van der Waals surface area contributed by atoms with E-state index in [0.29, 0.717) is 16.3 Å². The summed E-state index contributed by atoms with van der Waals surface area (Å²) in [6.45, 7) is 8.00. The predicted octanol–water partition coefficient (Wildman–Crippen LogP) is 12.2. The highest BCUT2D eigenvalue weighted by Crippen LogP contribution is 2.53. The Morgan fingerprint density at radius 2 is 1.21 bits per heavy atom. The Morgan fingerprint density at radius 3 is 1.99 bits per heavy atom. The number of aromatic hydroxyl groups is 5. The number of nitrogens with zero attached hydrogens (tertiary/aromatic N) is 3. The van der Waals surface area contributed by atoms with Crippen molar-refractivity contribution in [3.05, 3.63) is 179 Å². The molecular weight excluding hydrogens is 889 g/mol. The van der Waals surface area contributed by atoms with Crippen LogP contribution in [0, 0.1) is 0 Å². The van der Waals surface area contributed by atoms with Crippen molar-refractivity contribution >= 4 is 87.3 Å². The minimum atomic E-state index is -1.05. The zero-order valence-electron chi connectivity index (χ0n) is 39.1. The summed E-state index contributed by atoms with van der Waals surface area (Å²) in [5.41, 5.74) is 9.01. The molecule has 348 valence electrons. The Labute approximate surface area is 405 Å². The number of rotatable bonds is 3. The summed E-state index contributed by atoms with van der Waals surface area (Å²) in [6.07, 6.45) is 5.02. The number of phenolic OH excluding ortho intramolecular Hbond substituents is 5. The molecule has 2 aliphatic heterocycles. The van der Waals surface area contributed by atoms with Gasteiger partial charge in [-0.2, -0.15) is 0 Å². The van der Waals surface area contributed by atoms with Gasteiger partial charge in [-0.25, -0.2) is 0 Å². The van der Waals surface area contributed by atoms with Gasteiger partial charge in [0.05, 0.1) is 38.8 Å². The summed E-state index contributed by atoms with van der Waals surface area (Å²) in [5.74, 6) is -4.15. The monoisotopic (exact) mass is 934 g/mol. The van der Waals surface area contributed by atoms with Crippen LogP contribution in [0.5, 0.6) is 34.5 Å². The lowest BCUT2D eigenvalue weighted by Gasteiger charge is -2.26. The molecule has 71 heavy (non-hydrogen) atoms. The lowest BCUT2D eigenvalue weighted by Crippen LogP contribution is -2.43. The normalized spacial score (nSPS) is 16.9. The van der Waals surface area contributed by atoms with Gasteiger partial charge < -0.3 is 49.0 Å². The van der Waals surface area contributed by atoms with Gasteiger partial charge in [-0.1, -0.05) is 119 Å². The molecule has 8 aromatic carbocycles. The van der Waals surface area contributed by atoms with Crippen LogP contribution in [0.25, 0.3) is 93.0 Å². The fourth-order valence-corrected chi connectivity index (χ4v) is 11.4. The molecule has 3 unspecified atom stereocenters. The molecule has 0 amide bonds. The summed E-state index contributed by atoms with van der Waals surface area (Å²) < 4.78 is 17.6. The van der Waals surface area contributed by atoms with Crippen LogP contribution in [-0.4, -0.2) is 46.8 Å². The summed E-state index contributed by atoms with van der Waals surface area (Å²) in [4.78, 5) is 5.11. The van der Waals surface area contributed by atoms with Gasteiger partial charge in [-0.05, 0) is 71.6 Å². The third-order valence-electron chi connectivity index (χ3n) is 14.3. The number of phenols is 5. The first kappa shape index (κ1) is 42.0. The Morgan fingerprint density at radius 1 is 0.563 bits per heavy atom. The molecule has 3 aliphatic rings. The third kappa shape index (κ3) is 5.68. The van der Waals surface area contributed by atoms with Gasteiger partial charge in [0.25, 0.3) is 0 Å². The van der Waals surface area contributed by atoms with E-state index in [1.54, 1.807) is 6.07 Å². The van der Waals surface area contributed by atoms with Gasteiger partial charge in [0, 0.05) is 60.3 Å². The van der Waals surface area contributed by atoms with E-state index in [-0.39, 0.29) is 28.7 Å². The van der Waals surface area contributed by atoms with Crippen LogP contribution >= 0.6 is 0 Å². The topological polar surface area (TPSA) is 157 Å². The molecule has 12 aromatic rings. The number of fused-ring (bicyclic) bond motifs is 17. The minimum Gasteiger partial charge on any atom is -0.504 e. The number of para-hydroxylation sites is 4. The van der Waals surface area contributed by atoms with Crippen LogP contribution in [0.3, 0.4) is 0 Å². The molecule has 6 N–H and O–H groups in total. The molecule has 4 aromatic heterocycles. The number of benzene rings is 8. The first-order chi connectivity index (χ1) is 34.8. The standard InChI is InChI=1S/C56H34N4O7.2C2H6/c61-50-45(51(62)53(64)54(65)52(50)63)47-55-46(34-10-3-6-15-42(34)67-55)57-56(58-47)27-17-20-43-37(22-27)38-24-28(18-21-44(38)66-43)59-39-13-4-1-9-30(39)33-19-16-26-23-41-36(25-35(26)49(33)59)32-12-7-11-31-29-8-2-5-14-40(29)60(41)48(31)32;2*1-2/h1-25,37,43,56,58,61-65H;2*1-2H3. The van der Waals surface area contributed by atoms with Crippen LogP contribution in [0.4, 0.5) is 0 Å². The average molecular weight is 935 g/mol. The lowest BCUT2D eigenvalue weighted by atomic mass is 9.87. The summed E-state index contributed by atoms with van der Waals surface area (Å²) in [6, 6.07) is 46.8. The van der Waals surface area contributed by atoms with Crippen LogP contribution in [-0.2, 0) is 0 Å². The molecule has 6 heterocycles. The van der Waals surface area contributed by atoms with Crippen molar-refractivity contribution in [1.82, 2.24) is 14.3 Å². The van der Waals surface area contributed by atoms with E-state index in [1.165, 1.54) is 38.1 Å². The fraction of sp³-hybridized carbons (Fsp3) is 0.117. The molecule has 0 saturated heterocycles. The van der Waals surface area contributed by atoms with E-state index < -0.39 is 34.9 Å². The second-order valence-electron chi connectivity index (χ2n) is 17.8. The zero-order chi connectivity index (χ0) is 48.6. The number of ether oxygens (including phenoxy) is 1. The maximum Gasteiger partial charge on any atom is 0.208 e. The van der Waals surface area contributed by atoms with Crippen LogP contribution in [0.1, 0.15) is 44.7 Å². The van der Waals surface area contributed by atoms with E-state index in [4.69, 9.17) is 14.1 Å². The van der Waals surface area contributed by atoms with E-state index in [1.807, 2.05) is 58.0 Å². The molecule has 0 radical (unpaired) electrons. The maximum atomic E-state index is 11.1. The molecule has 0 fully saturated rings. The van der Waals surface area contributed by atoms with Gasteiger partial charge in [-0.3, -0.25) is 4.99 Å². The first-order valence-corrected chi connectivity index (χ1v) is 24.1. The Bertz CT molecular complexity index is 4410. The lowest BCUT2D eigenvalue weighted by molar-refractivity contribution is 0.268. The second-order valence-corrected chi connectivity index (χ2v) is 17.8. The smallest absolute Gasteiger partial charge is 0.208 e.